The Morgan fingerprint density at radius 1 is 1.44 bits per heavy atom. The summed E-state index contributed by atoms with van der Waals surface area (Å²) >= 11 is 0. The molecule has 1 aromatic rings. The van der Waals surface area contributed by atoms with Gasteiger partial charge in [-0.05, 0) is 25.2 Å². The van der Waals surface area contributed by atoms with Crippen LogP contribution in [-0.4, -0.2) is 40.9 Å². The molecule has 1 aromatic heterocycles. The van der Waals surface area contributed by atoms with Gasteiger partial charge in [-0.3, -0.25) is 4.79 Å². The topological polar surface area (TPSA) is 58.1 Å². The van der Waals surface area contributed by atoms with E-state index in [0.717, 1.165) is 25.3 Å². The highest BCUT2D eigenvalue weighted by Crippen LogP contribution is 2.29. The number of carbonyl (C=O) groups is 1. The van der Waals surface area contributed by atoms with E-state index in [2.05, 4.69) is 22.2 Å². The highest BCUT2D eigenvalue weighted by Gasteiger charge is 2.25. The zero-order chi connectivity index (χ0) is 13.0. The molecule has 1 saturated carbocycles. The van der Waals surface area contributed by atoms with Crippen molar-refractivity contribution in [2.24, 2.45) is 5.92 Å². The first kappa shape index (κ1) is 12.8. The summed E-state index contributed by atoms with van der Waals surface area (Å²) in [6.07, 6.45) is 6.68. The molecule has 1 aliphatic rings. The molecule has 0 bridgehead atoms. The lowest BCUT2D eigenvalue weighted by Gasteiger charge is -2.15. The van der Waals surface area contributed by atoms with Gasteiger partial charge < -0.3 is 10.2 Å². The molecule has 98 valence electrons. The van der Waals surface area contributed by atoms with Crippen LogP contribution in [0.1, 0.15) is 36.7 Å². The number of carbonyl (C=O) groups excluding carboxylic acids is 1. The lowest BCUT2D eigenvalue weighted by Crippen LogP contribution is -2.29. The second-order valence-corrected chi connectivity index (χ2v) is 4.84. The Balaban J connectivity index is 1.92. The van der Waals surface area contributed by atoms with Gasteiger partial charge in [-0.2, -0.15) is 0 Å². The molecular formula is C13H20N4O. The third kappa shape index (κ3) is 3.42. The number of amides is 1. The minimum absolute atomic E-state index is 0.0450. The van der Waals surface area contributed by atoms with Crippen LogP contribution >= 0.6 is 0 Å². The Kier molecular flexibility index (Phi) is 4.12. The normalized spacial score (nSPS) is 14.3. The van der Waals surface area contributed by atoms with E-state index in [9.17, 15) is 4.79 Å². The summed E-state index contributed by atoms with van der Waals surface area (Å²) in [5.41, 5.74) is 0.417. The van der Waals surface area contributed by atoms with E-state index >= 15 is 0 Å². The zero-order valence-corrected chi connectivity index (χ0v) is 11.0. The molecule has 1 amide bonds. The van der Waals surface area contributed by atoms with Crippen LogP contribution in [0.5, 0.6) is 0 Å². The maximum absolute atomic E-state index is 12.0. The lowest BCUT2D eigenvalue weighted by molar-refractivity contribution is 0.0782. The number of anilines is 1. The van der Waals surface area contributed by atoms with E-state index in [0.29, 0.717) is 11.6 Å². The fraction of sp³-hybridized carbons (Fsp3) is 0.615. The smallest absolute Gasteiger partial charge is 0.273 e. The summed E-state index contributed by atoms with van der Waals surface area (Å²) in [6, 6.07) is 0. The van der Waals surface area contributed by atoms with Gasteiger partial charge >= 0.3 is 0 Å². The number of aromatic nitrogens is 2. The molecule has 1 N–H and O–H groups in total. The molecule has 1 heterocycles. The second-order valence-electron chi connectivity index (χ2n) is 4.84. The lowest BCUT2D eigenvalue weighted by atomic mass is 10.3. The van der Waals surface area contributed by atoms with Gasteiger partial charge in [-0.25, -0.2) is 9.97 Å². The molecule has 0 atom stereocenters. The SMILES string of the molecule is CCCNc1cnc(C(=O)N(C)CC2CC2)cn1. The van der Waals surface area contributed by atoms with Crippen molar-refractivity contribution in [3.63, 3.8) is 0 Å². The standard InChI is InChI=1S/C13H20N4O/c1-3-6-14-12-8-15-11(7-16-12)13(18)17(2)9-10-4-5-10/h7-8,10H,3-6,9H2,1-2H3,(H,14,16). The number of hydrogen-bond donors (Lipinski definition) is 1. The van der Waals surface area contributed by atoms with Gasteiger partial charge in [0.1, 0.15) is 11.5 Å². The Bertz CT molecular complexity index is 400. The van der Waals surface area contributed by atoms with Crippen LogP contribution in [0.15, 0.2) is 12.4 Å². The predicted molar refractivity (Wildman–Crippen MR) is 70.5 cm³/mol. The van der Waals surface area contributed by atoms with Crippen molar-refractivity contribution in [3.05, 3.63) is 18.1 Å². The van der Waals surface area contributed by atoms with Gasteiger partial charge in [0.25, 0.3) is 5.91 Å². The third-order valence-corrected chi connectivity index (χ3v) is 3.00. The van der Waals surface area contributed by atoms with Crippen molar-refractivity contribution in [1.29, 1.82) is 0 Å². The van der Waals surface area contributed by atoms with Gasteiger partial charge in [-0.1, -0.05) is 6.92 Å². The fourth-order valence-electron chi connectivity index (χ4n) is 1.75. The Hall–Kier alpha value is -1.65. The summed E-state index contributed by atoms with van der Waals surface area (Å²) in [5, 5.41) is 3.13. The minimum atomic E-state index is -0.0450. The molecule has 5 heteroatoms. The molecule has 1 fully saturated rings. The van der Waals surface area contributed by atoms with Gasteiger partial charge in [0.2, 0.25) is 0 Å². The maximum atomic E-state index is 12.0. The van der Waals surface area contributed by atoms with Gasteiger partial charge in [-0.15, -0.1) is 0 Å². The predicted octanol–water partition coefficient (Wildman–Crippen LogP) is 1.78. The molecule has 0 radical (unpaired) electrons. The molecule has 2 rings (SSSR count). The van der Waals surface area contributed by atoms with E-state index < -0.39 is 0 Å². The first-order valence-corrected chi connectivity index (χ1v) is 6.52. The first-order chi connectivity index (χ1) is 8.70. The van der Waals surface area contributed by atoms with Crippen molar-refractivity contribution >= 4 is 11.7 Å². The molecule has 0 unspecified atom stereocenters. The van der Waals surface area contributed by atoms with Crippen LogP contribution in [0, 0.1) is 5.92 Å². The van der Waals surface area contributed by atoms with E-state index in [4.69, 9.17) is 0 Å². The van der Waals surface area contributed by atoms with E-state index in [1.165, 1.54) is 12.8 Å². The molecule has 0 spiro atoms. The third-order valence-electron chi connectivity index (χ3n) is 3.00. The quantitative estimate of drug-likeness (QED) is 0.833. The average molecular weight is 248 g/mol. The monoisotopic (exact) mass is 248 g/mol. The maximum Gasteiger partial charge on any atom is 0.273 e. The van der Waals surface area contributed by atoms with Crippen LogP contribution in [0.2, 0.25) is 0 Å². The van der Waals surface area contributed by atoms with E-state index in [1.54, 1.807) is 17.3 Å². The van der Waals surface area contributed by atoms with E-state index in [-0.39, 0.29) is 5.91 Å². The van der Waals surface area contributed by atoms with Crippen molar-refractivity contribution in [2.45, 2.75) is 26.2 Å². The molecule has 0 saturated heterocycles. The number of rotatable bonds is 6. The van der Waals surface area contributed by atoms with Crippen LogP contribution in [0.3, 0.4) is 0 Å². The molecule has 0 aromatic carbocycles. The Labute approximate surface area is 108 Å². The Morgan fingerprint density at radius 3 is 2.78 bits per heavy atom. The summed E-state index contributed by atoms with van der Waals surface area (Å²) < 4.78 is 0. The van der Waals surface area contributed by atoms with Crippen LogP contribution in [0.4, 0.5) is 5.82 Å². The molecule has 0 aliphatic heterocycles. The van der Waals surface area contributed by atoms with Crippen molar-refractivity contribution in [1.82, 2.24) is 14.9 Å². The fourth-order valence-corrected chi connectivity index (χ4v) is 1.75. The van der Waals surface area contributed by atoms with Gasteiger partial charge in [0.05, 0.1) is 12.4 Å². The summed E-state index contributed by atoms with van der Waals surface area (Å²) in [4.78, 5) is 22.1. The highest BCUT2D eigenvalue weighted by molar-refractivity contribution is 5.91. The minimum Gasteiger partial charge on any atom is -0.369 e. The zero-order valence-electron chi connectivity index (χ0n) is 11.0. The van der Waals surface area contributed by atoms with Crippen molar-refractivity contribution in [3.8, 4) is 0 Å². The molecule has 5 nitrogen and oxygen atoms in total. The van der Waals surface area contributed by atoms with Crippen LogP contribution in [0.25, 0.3) is 0 Å². The molecular weight excluding hydrogens is 228 g/mol. The summed E-state index contributed by atoms with van der Waals surface area (Å²) in [6.45, 7) is 3.78. The summed E-state index contributed by atoms with van der Waals surface area (Å²) in [7, 11) is 1.82. The summed E-state index contributed by atoms with van der Waals surface area (Å²) in [5.74, 6) is 1.37. The van der Waals surface area contributed by atoms with Crippen LogP contribution < -0.4 is 5.32 Å². The van der Waals surface area contributed by atoms with Crippen LogP contribution in [-0.2, 0) is 0 Å². The van der Waals surface area contributed by atoms with Crippen molar-refractivity contribution < 1.29 is 4.79 Å². The largest absolute Gasteiger partial charge is 0.369 e. The molecule has 18 heavy (non-hydrogen) atoms. The number of hydrogen-bond acceptors (Lipinski definition) is 4. The number of nitrogens with one attached hydrogen (secondary N) is 1. The van der Waals surface area contributed by atoms with Crippen molar-refractivity contribution in [2.75, 3.05) is 25.5 Å². The highest BCUT2D eigenvalue weighted by atomic mass is 16.2. The second kappa shape index (κ2) is 5.80. The first-order valence-electron chi connectivity index (χ1n) is 6.52. The van der Waals surface area contributed by atoms with E-state index in [1.807, 2.05) is 7.05 Å². The average Bonchev–Trinajstić information content (AvgIpc) is 3.20. The van der Waals surface area contributed by atoms with Gasteiger partial charge in [0.15, 0.2) is 0 Å². The molecule has 1 aliphatic carbocycles. The van der Waals surface area contributed by atoms with Gasteiger partial charge in [0, 0.05) is 20.1 Å². The number of nitrogens with zero attached hydrogens (tertiary/aromatic N) is 3. The Morgan fingerprint density at radius 2 is 2.22 bits per heavy atom.